The van der Waals surface area contributed by atoms with Gasteiger partial charge in [-0.2, -0.15) is 0 Å². The van der Waals surface area contributed by atoms with Crippen molar-refractivity contribution in [3.63, 3.8) is 0 Å². The van der Waals surface area contributed by atoms with Crippen LogP contribution in [-0.2, 0) is 6.42 Å². The van der Waals surface area contributed by atoms with Crippen molar-refractivity contribution in [3.05, 3.63) is 77.9 Å². The predicted molar refractivity (Wildman–Crippen MR) is 159 cm³/mol. The van der Waals surface area contributed by atoms with E-state index in [1.54, 1.807) is 25.3 Å². The molecule has 210 valence electrons. The number of hydrogen-bond donors (Lipinski definition) is 2. The van der Waals surface area contributed by atoms with Gasteiger partial charge in [0, 0.05) is 43.6 Å². The van der Waals surface area contributed by atoms with E-state index in [4.69, 9.17) is 9.47 Å². The number of carbonyl (C=O) groups is 2. The zero-order chi connectivity index (χ0) is 27.9. The quantitative estimate of drug-likeness (QED) is 0.363. The second kappa shape index (κ2) is 12.8. The summed E-state index contributed by atoms with van der Waals surface area (Å²) >= 11 is 0. The number of carbonyl (C=O) groups excluding carboxylic acids is 2. The molecule has 8 heteroatoms. The van der Waals surface area contributed by atoms with Crippen molar-refractivity contribution >= 4 is 29.0 Å². The molecule has 0 aromatic heterocycles. The summed E-state index contributed by atoms with van der Waals surface area (Å²) in [7, 11) is 3.11. The van der Waals surface area contributed by atoms with Crippen molar-refractivity contribution in [2.75, 3.05) is 55.9 Å². The van der Waals surface area contributed by atoms with E-state index in [2.05, 4.69) is 45.9 Å². The zero-order valence-corrected chi connectivity index (χ0v) is 23.3. The maximum absolute atomic E-state index is 13.6. The summed E-state index contributed by atoms with van der Waals surface area (Å²) in [6, 6.07) is 21.1. The van der Waals surface area contributed by atoms with Gasteiger partial charge in [-0.05, 0) is 73.9 Å². The van der Waals surface area contributed by atoms with E-state index in [0.717, 1.165) is 64.0 Å². The van der Waals surface area contributed by atoms with Gasteiger partial charge in [-0.1, -0.05) is 30.3 Å². The fourth-order valence-electron chi connectivity index (χ4n) is 5.66. The number of nitrogens with zero attached hydrogens (tertiary/aromatic N) is 2. The maximum Gasteiger partial charge on any atom is 0.323 e. The molecule has 0 unspecified atom stereocenters. The lowest BCUT2D eigenvalue weighted by Crippen LogP contribution is -2.36. The molecule has 3 aromatic carbocycles. The van der Waals surface area contributed by atoms with Crippen LogP contribution in [0.2, 0.25) is 0 Å². The van der Waals surface area contributed by atoms with E-state index in [9.17, 15) is 9.59 Å². The van der Waals surface area contributed by atoms with Crippen LogP contribution in [0, 0.1) is 5.92 Å². The van der Waals surface area contributed by atoms with Crippen molar-refractivity contribution in [2.45, 2.75) is 32.1 Å². The Labute approximate surface area is 236 Å². The first-order chi connectivity index (χ1) is 19.5. The van der Waals surface area contributed by atoms with Crippen LogP contribution in [0.4, 0.5) is 21.9 Å². The minimum Gasteiger partial charge on any atom is -0.497 e. The molecule has 0 aliphatic carbocycles. The van der Waals surface area contributed by atoms with Gasteiger partial charge < -0.3 is 29.9 Å². The summed E-state index contributed by atoms with van der Waals surface area (Å²) in [6.07, 6.45) is 5.30. The van der Waals surface area contributed by atoms with Gasteiger partial charge in [-0.3, -0.25) is 4.79 Å². The minimum atomic E-state index is -0.419. The summed E-state index contributed by atoms with van der Waals surface area (Å²) in [4.78, 5) is 30.8. The molecule has 0 radical (unpaired) electrons. The van der Waals surface area contributed by atoms with Crippen molar-refractivity contribution in [3.8, 4) is 11.5 Å². The van der Waals surface area contributed by atoms with Gasteiger partial charge in [0.1, 0.15) is 11.5 Å². The smallest absolute Gasteiger partial charge is 0.323 e. The fourth-order valence-corrected chi connectivity index (χ4v) is 5.66. The number of piperidine rings is 1. The number of anilines is 3. The zero-order valence-electron chi connectivity index (χ0n) is 23.3. The third kappa shape index (κ3) is 6.50. The van der Waals surface area contributed by atoms with Crippen LogP contribution in [0.3, 0.4) is 0 Å². The van der Waals surface area contributed by atoms with Gasteiger partial charge >= 0.3 is 6.03 Å². The molecule has 2 saturated heterocycles. The van der Waals surface area contributed by atoms with Gasteiger partial charge in [0.05, 0.1) is 25.5 Å². The van der Waals surface area contributed by atoms with Crippen LogP contribution in [0.15, 0.2) is 66.7 Å². The minimum absolute atomic E-state index is 0.0276. The van der Waals surface area contributed by atoms with Crippen molar-refractivity contribution in [1.29, 1.82) is 0 Å². The summed E-state index contributed by atoms with van der Waals surface area (Å²) in [5, 5.41) is 5.73. The number of hydrogen-bond acceptors (Lipinski definition) is 5. The summed E-state index contributed by atoms with van der Waals surface area (Å²) in [5.41, 5.74) is 4.05. The predicted octanol–water partition coefficient (Wildman–Crippen LogP) is 6.04. The highest BCUT2D eigenvalue weighted by Crippen LogP contribution is 2.32. The van der Waals surface area contributed by atoms with E-state index in [1.807, 2.05) is 23.1 Å². The van der Waals surface area contributed by atoms with E-state index >= 15 is 0 Å². The Bertz CT molecular complexity index is 1320. The number of nitrogens with one attached hydrogen (secondary N) is 2. The molecule has 0 atom stereocenters. The molecule has 2 aliphatic rings. The summed E-state index contributed by atoms with van der Waals surface area (Å²) in [6.45, 7) is 3.35. The monoisotopic (exact) mass is 542 g/mol. The maximum atomic E-state index is 13.6. The van der Waals surface area contributed by atoms with Crippen molar-refractivity contribution in [2.24, 2.45) is 5.92 Å². The molecular weight excluding hydrogens is 504 g/mol. The number of likely N-dealkylation sites (tertiary alicyclic amines) is 1. The van der Waals surface area contributed by atoms with Crippen LogP contribution < -0.4 is 25.0 Å². The van der Waals surface area contributed by atoms with Gasteiger partial charge in [-0.25, -0.2) is 4.79 Å². The molecule has 40 heavy (non-hydrogen) atoms. The number of amides is 3. The first-order valence-electron chi connectivity index (χ1n) is 14.1. The average molecular weight is 543 g/mol. The normalized spacial score (nSPS) is 15.6. The van der Waals surface area contributed by atoms with Crippen molar-refractivity contribution < 1.29 is 19.1 Å². The molecular formula is C32H38N4O4. The second-order valence-electron chi connectivity index (χ2n) is 10.5. The van der Waals surface area contributed by atoms with Crippen LogP contribution in [-0.4, -0.2) is 57.2 Å². The molecule has 0 spiro atoms. The Kier molecular flexibility index (Phi) is 8.74. The van der Waals surface area contributed by atoms with E-state index in [-0.39, 0.29) is 5.91 Å². The Balaban J connectivity index is 1.30. The molecule has 2 N–H and O–H groups in total. The lowest BCUT2D eigenvalue weighted by molar-refractivity contribution is 0.0793. The number of benzene rings is 3. The Hall–Kier alpha value is -4.20. The number of urea groups is 1. The highest BCUT2D eigenvalue weighted by atomic mass is 16.5. The van der Waals surface area contributed by atoms with Crippen LogP contribution in [0.5, 0.6) is 11.5 Å². The van der Waals surface area contributed by atoms with E-state index < -0.39 is 6.03 Å². The summed E-state index contributed by atoms with van der Waals surface area (Å²) in [5.74, 6) is 1.79. The van der Waals surface area contributed by atoms with Gasteiger partial charge in [-0.15, -0.1) is 0 Å². The Morgan fingerprint density at radius 3 is 2.30 bits per heavy atom. The standard InChI is InChI=1S/C32H38N4O4/c1-39-26-11-12-28(30(22-26)40-2)34-32(38)33-25-10-13-29(27(21-25)31(37)36-16-6-7-17-36)35-18-14-24(15-19-35)20-23-8-4-3-5-9-23/h3-5,8-13,21-22,24H,6-7,14-20H2,1-2H3,(H2,33,34,38). The first kappa shape index (κ1) is 27.4. The molecule has 2 aliphatic heterocycles. The third-order valence-electron chi connectivity index (χ3n) is 7.86. The van der Waals surface area contributed by atoms with Gasteiger partial charge in [0.15, 0.2) is 0 Å². The molecule has 5 rings (SSSR count). The highest BCUT2D eigenvalue weighted by Gasteiger charge is 2.27. The van der Waals surface area contributed by atoms with Gasteiger partial charge in [0.25, 0.3) is 5.91 Å². The first-order valence-corrected chi connectivity index (χ1v) is 14.1. The summed E-state index contributed by atoms with van der Waals surface area (Å²) < 4.78 is 10.6. The highest BCUT2D eigenvalue weighted by molar-refractivity contribution is 6.04. The van der Waals surface area contributed by atoms with E-state index in [1.165, 1.54) is 12.7 Å². The van der Waals surface area contributed by atoms with Crippen LogP contribution in [0.25, 0.3) is 0 Å². The third-order valence-corrected chi connectivity index (χ3v) is 7.86. The molecule has 3 amide bonds. The fraction of sp³-hybridized carbons (Fsp3) is 0.375. The van der Waals surface area contributed by atoms with Crippen molar-refractivity contribution in [1.82, 2.24) is 4.90 Å². The topological polar surface area (TPSA) is 83.1 Å². The average Bonchev–Trinajstić information content (AvgIpc) is 3.53. The van der Waals surface area contributed by atoms with Crippen LogP contribution >= 0.6 is 0 Å². The Morgan fingerprint density at radius 2 is 1.60 bits per heavy atom. The number of rotatable bonds is 8. The Morgan fingerprint density at radius 1 is 0.850 bits per heavy atom. The van der Waals surface area contributed by atoms with Gasteiger partial charge in [0.2, 0.25) is 0 Å². The molecule has 2 heterocycles. The van der Waals surface area contributed by atoms with Crippen LogP contribution in [0.1, 0.15) is 41.6 Å². The molecule has 8 nitrogen and oxygen atoms in total. The largest absolute Gasteiger partial charge is 0.497 e. The molecule has 0 bridgehead atoms. The lowest BCUT2D eigenvalue weighted by Gasteiger charge is -2.35. The lowest BCUT2D eigenvalue weighted by atomic mass is 9.89. The SMILES string of the molecule is COc1ccc(NC(=O)Nc2ccc(N3CCC(Cc4ccccc4)CC3)c(C(=O)N3CCCC3)c2)c(OC)c1. The number of methoxy groups -OCH3 is 2. The molecule has 2 fully saturated rings. The number of ether oxygens (including phenoxy) is 2. The molecule has 0 saturated carbocycles. The second-order valence-corrected chi connectivity index (χ2v) is 10.5. The van der Waals surface area contributed by atoms with E-state index in [0.29, 0.717) is 34.4 Å². The molecule has 3 aromatic rings.